The minimum atomic E-state index is -0.123. The highest BCUT2D eigenvalue weighted by atomic mass is 35.5. The number of rotatable bonds is 6. The van der Waals surface area contributed by atoms with Gasteiger partial charge in [-0.1, -0.05) is 13.8 Å². The van der Waals surface area contributed by atoms with E-state index < -0.39 is 0 Å². The molecular weight excluding hydrogens is 366 g/mol. The first kappa shape index (κ1) is 21.6. The van der Waals surface area contributed by atoms with Gasteiger partial charge in [0, 0.05) is 38.3 Å². The average Bonchev–Trinajstić information content (AvgIpc) is 3.37. The fourth-order valence-corrected chi connectivity index (χ4v) is 3.65. The lowest BCUT2D eigenvalue weighted by Gasteiger charge is -2.23. The molecule has 2 N–H and O–H groups in total. The van der Waals surface area contributed by atoms with Crippen molar-refractivity contribution in [2.24, 2.45) is 11.8 Å². The largest absolute Gasteiger partial charge is 0.358 e. The van der Waals surface area contributed by atoms with Crippen LogP contribution in [-0.2, 0) is 4.79 Å². The van der Waals surface area contributed by atoms with Crippen LogP contribution in [0.1, 0.15) is 54.5 Å². The fourth-order valence-electron chi connectivity index (χ4n) is 3.65. The molecule has 1 saturated heterocycles. The molecule has 7 nitrogen and oxygen atoms in total. The molecule has 27 heavy (non-hydrogen) atoms. The molecule has 1 aromatic rings. The topological polar surface area (TPSA) is 87.2 Å². The Kier molecular flexibility index (Phi) is 7.17. The predicted molar refractivity (Wildman–Crippen MR) is 106 cm³/mol. The quantitative estimate of drug-likeness (QED) is 0.762. The molecule has 150 valence electrons. The number of carbonyl (C=O) groups excluding carboxylic acids is 2. The average molecular weight is 396 g/mol. The van der Waals surface area contributed by atoms with Gasteiger partial charge in [0.15, 0.2) is 0 Å². The molecule has 1 aromatic heterocycles. The molecule has 1 aliphatic carbocycles. The maximum Gasteiger partial charge on any atom is 0.254 e. The summed E-state index contributed by atoms with van der Waals surface area (Å²) in [5, 5.41) is 5.82. The van der Waals surface area contributed by atoms with Crippen LogP contribution in [0.15, 0.2) is 6.20 Å². The molecule has 2 amide bonds. The van der Waals surface area contributed by atoms with Crippen molar-refractivity contribution in [3.63, 3.8) is 0 Å². The third-order valence-corrected chi connectivity index (χ3v) is 5.44. The third-order valence-electron chi connectivity index (χ3n) is 5.44. The van der Waals surface area contributed by atoms with Gasteiger partial charge in [-0.2, -0.15) is 0 Å². The first-order valence-electron chi connectivity index (χ1n) is 9.46. The molecule has 2 heterocycles. The smallest absolute Gasteiger partial charge is 0.254 e. The minimum absolute atomic E-state index is 0. The SMILES string of the molecule is CNC(=O)CN1C[C@H](NC(=O)c2cnc(C3CC3)nc2C)[C@@H](C(C)C)C1.Cl. The van der Waals surface area contributed by atoms with E-state index in [9.17, 15) is 9.59 Å². The molecule has 2 atom stereocenters. The number of hydrogen-bond donors (Lipinski definition) is 2. The Morgan fingerprint density at radius 3 is 2.56 bits per heavy atom. The van der Waals surface area contributed by atoms with Crippen LogP contribution in [0.3, 0.4) is 0 Å². The molecule has 0 unspecified atom stereocenters. The fraction of sp³-hybridized carbons (Fsp3) is 0.684. The van der Waals surface area contributed by atoms with Crippen LogP contribution < -0.4 is 10.6 Å². The summed E-state index contributed by atoms with van der Waals surface area (Å²) in [5.41, 5.74) is 1.28. The Hall–Kier alpha value is -1.73. The summed E-state index contributed by atoms with van der Waals surface area (Å²) >= 11 is 0. The second-order valence-corrected chi connectivity index (χ2v) is 7.86. The Bertz CT molecular complexity index is 693. The van der Waals surface area contributed by atoms with Crippen LogP contribution >= 0.6 is 12.4 Å². The Balaban J connectivity index is 0.00000261. The standard InChI is InChI=1S/C19H29N5O2.ClH/c1-11(2)15-8-24(10-17(25)20-4)9-16(15)23-19(26)14-7-21-18(13-5-6-13)22-12(14)3;/h7,11,13,15-16H,5-6,8-10H2,1-4H3,(H,20,25)(H,23,26);1H/t15-,16+;/m1./s1. The Morgan fingerprint density at radius 1 is 1.30 bits per heavy atom. The van der Waals surface area contributed by atoms with Gasteiger partial charge in [-0.3, -0.25) is 14.5 Å². The molecule has 0 radical (unpaired) electrons. The molecule has 0 bridgehead atoms. The van der Waals surface area contributed by atoms with Crippen LogP contribution in [0, 0.1) is 18.8 Å². The number of aryl methyl sites for hydroxylation is 1. The second kappa shape index (κ2) is 8.97. The van der Waals surface area contributed by atoms with Crippen molar-refractivity contribution < 1.29 is 9.59 Å². The van der Waals surface area contributed by atoms with Crippen molar-refractivity contribution in [2.45, 2.75) is 45.6 Å². The zero-order chi connectivity index (χ0) is 18.8. The lowest BCUT2D eigenvalue weighted by atomic mass is 9.91. The maximum atomic E-state index is 12.8. The number of carbonyl (C=O) groups is 2. The number of hydrogen-bond acceptors (Lipinski definition) is 5. The van der Waals surface area contributed by atoms with E-state index in [4.69, 9.17) is 0 Å². The number of aromatic nitrogens is 2. The second-order valence-electron chi connectivity index (χ2n) is 7.86. The van der Waals surface area contributed by atoms with Gasteiger partial charge < -0.3 is 10.6 Å². The molecular formula is C19H30ClN5O2. The van der Waals surface area contributed by atoms with E-state index >= 15 is 0 Å². The van der Waals surface area contributed by atoms with E-state index in [-0.39, 0.29) is 30.3 Å². The minimum Gasteiger partial charge on any atom is -0.358 e. The molecule has 1 aliphatic heterocycles. The van der Waals surface area contributed by atoms with Gasteiger partial charge in [0.05, 0.1) is 17.8 Å². The van der Waals surface area contributed by atoms with E-state index in [1.54, 1.807) is 13.2 Å². The summed E-state index contributed by atoms with van der Waals surface area (Å²) in [4.78, 5) is 35.5. The molecule has 2 fully saturated rings. The monoisotopic (exact) mass is 395 g/mol. The number of amides is 2. The van der Waals surface area contributed by atoms with Crippen molar-refractivity contribution in [2.75, 3.05) is 26.7 Å². The number of likely N-dealkylation sites (tertiary alicyclic amines) is 1. The summed E-state index contributed by atoms with van der Waals surface area (Å²) in [6.07, 6.45) is 3.95. The van der Waals surface area contributed by atoms with Crippen LogP contribution in [0.2, 0.25) is 0 Å². The van der Waals surface area contributed by atoms with Crippen LogP contribution in [0.5, 0.6) is 0 Å². The number of nitrogens with zero attached hydrogens (tertiary/aromatic N) is 3. The van der Waals surface area contributed by atoms with Gasteiger partial charge in [-0.25, -0.2) is 9.97 Å². The summed E-state index contributed by atoms with van der Waals surface area (Å²) in [7, 11) is 1.64. The molecule has 2 aliphatic rings. The zero-order valence-corrected chi connectivity index (χ0v) is 17.3. The molecule has 0 spiro atoms. The van der Waals surface area contributed by atoms with Crippen molar-refractivity contribution >= 4 is 24.2 Å². The van der Waals surface area contributed by atoms with Crippen LogP contribution in [0.25, 0.3) is 0 Å². The predicted octanol–water partition coefficient (Wildman–Crippen LogP) is 1.52. The Morgan fingerprint density at radius 2 is 2.00 bits per heavy atom. The van der Waals surface area contributed by atoms with Crippen molar-refractivity contribution in [3.8, 4) is 0 Å². The third kappa shape index (κ3) is 5.17. The van der Waals surface area contributed by atoms with Gasteiger partial charge in [0.2, 0.25) is 5.91 Å². The van der Waals surface area contributed by atoms with E-state index in [1.165, 1.54) is 0 Å². The van der Waals surface area contributed by atoms with Gasteiger partial charge >= 0.3 is 0 Å². The van der Waals surface area contributed by atoms with Gasteiger partial charge in [-0.05, 0) is 31.6 Å². The molecule has 0 aromatic carbocycles. The highest BCUT2D eigenvalue weighted by Gasteiger charge is 2.36. The highest BCUT2D eigenvalue weighted by Crippen LogP contribution is 2.38. The van der Waals surface area contributed by atoms with Gasteiger partial charge in [-0.15, -0.1) is 12.4 Å². The number of nitrogens with one attached hydrogen (secondary N) is 2. The lowest BCUT2D eigenvalue weighted by Crippen LogP contribution is -2.42. The van der Waals surface area contributed by atoms with E-state index in [0.29, 0.717) is 36.4 Å². The zero-order valence-electron chi connectivity index (χ0n) is 16.5. The first-order chi connectivity index (χ1) is 12.4. The Labute approximate surface area is 167 Å². The molecule has 8 heteroatoms. The van der Waals surface area contributed by atoms with Gasteiger partial charge in [0.1, 0.15) is 5.82 Å². The number of halogens is 1. The molecule has 1 saturated carbocycles. The highest BCUT2D eigenvalue weighted by molar-refractivity contribution is 5.95. The maximum absolute atomic E-state index is 12.8. The van der Waals surface area contributed by atoms with E-state index in [1.807, 2.05) is 6.92 Å². The summed E-state index contributed by atoms with van der Waals surface area (Å²) in [6, 6.07) is 0.0228. The van der Waals surface area contributed by atoms with Crippen LogP contribution in [-0.4, -0.2) is 59.4 Å². The van der Waals surface area contributed by atoms with Crippen molar-refractivity contribution in [1.82, 2.24) is 25.5 Å². The van der Waals surface area contributed by atoms with E-state index in [2.05, 4.69) is 39.3 Å². The number of likely N-dealkylation sites (N-methyl/N-ethyl adjacent to an activating group) is 1. The van der Waals surface area contributed by atoms with Crippen molar-refractivity contribution in [3.05, 3.63) is 23.3 Å². The van der Waals surface area contributed by atoms with Gasteiger partial charge in [0.25, 0.3) is 5.91 Å². The molecule has 3 rings (SSSR count). The normalized spacial score (nSPS) is 22.4. The summed E-state index contributed by atoms with van der Waals surface area (Å²) in [5.74, 6) is 1.95. The van der Waals surface area contributed by atoms with Crippen molar-refractivity contribution in [1.29, 1.82) is 0 Å². The first-order valence-corrected chi connectivity index (χ1v) is 9.46. The van der Waals surface area contributed by atoms with Crippen LogP contribution in [0.4, 0.5) is 0 Å². The summed E-state index contributed by atoms with van der Waals surface area (Å²) < 4.78 is 0. The summed E-state index contributed by atoms with van der Waals surface area (Å²) in [6.45, 7) is 8.05. The lowest BCUT2D eigenvalue weighted by molar-refractivity contribution is -0.121. The van der Waals surface area contributed by atoms with E-state index in [0.717, 1.165) is 30.9 Å².